The van der Waals surface area contributed by atoms with Crippen molar-refractivity contribution in [3.63, 3.8) is 0 Å². The van der Waals surface area contributed by atoms with Crippen molar-refractivity contribution in [1.82, 2.24) is 10.2 Å². The molecule has 0 unspecified atom stereocenters. The monoisotopic (exact) mass is 318 g/mol. The molecule has 1 aromatic carbocycles. The smallest absolute Gasteiger partial charge is 0.290 e. The fraction of sp³-hybridized carbons (Fsp3) is 0.250. The van der Waals surface area contributed by atoms with Gasteiger partial charge in [-0.2, -0.15) is 0 Å². The van der Waals surface area contributed by atoms with Crippen molar-refractivity contribution < 1.29 is 14.0 Å². The second-order valence-electron chi connectivity index (χ2n) is 5.15. The standard InChI is InChI=1S/C16H15ClN2O3/c1-10-6-9-22-14(10)16(21)19-8-7-18-15(20)13(19)11-4-2-3-5-12(11)17/h2-6,9,13H,7-8H2,1H3,(H,18,20)/t13-/m1/s1. The van der Waals surface area contributed by atoms with Crippen molar-refractivity contribution in [3.05, 3.63) is 58.5 Å². The normalized spacial score (nSPS) is 18.2. The van der Waals surface area contributed by atoms with Gasteiger partial charge in [0.2, 0.25) is 5.91 Å². The zero-order chi connectivity index (χ0) is 15.7. The number of carbonyl (C=O) groups is 2. The fourth-order valence-corrected chi connectivity index (χ4v) is 2.85. The van der Waals surface area contributed by atoms with Gasteiger partial charge in [0.15, 0.2) is 5.76 Å². The summed E-state index contributed by atoms with van der Waals surface area (Å²) in [5.74, 6) is -0.286. The number of benzene rings is 1. The number of aryl methyl sites for hydroxylation is 1. The molecule has 1 N–H and O–H groups in total. The van der Waals surface area contributed by atoms with E-state index in [9.17, 15) is 9.59 Å². The summed E-state index contributed by atoms with van der Waals surface area (Å²) in [7, 11) is 0. The fourth-order valence-electron chi connectivity index (χ4n) is 2.61. The van der Waals surface area contributed by atoms with E-state index in [0.717, 1.165) is 5.56 Å². The molecular formula is C16H15ClN2O3. The molecule has 22 heavy (non-hydrogen) atoms. The first-order valence-corrected chi connectivity index (χ1v) is 7.34. The lowest BCUT2D eigenvalue weighted by molar-refractivity contribution is -0.128. The summed E-state index contributed by atoms with van der Waals surface area (Å²) < 4.78 is 5.27. The van der Waals surface area contributed by atoms with Gasteiger partial charge in [-0.1, -0.05) is 29.8 Å². The number of nitrogens with zero attached hydrogens (tertiary/aromatic N) is 1. The Bertz CT molecular complexity index is 726. The predicted molar refractivity (Wildman–Crippen MR) is 81.7 cm³/mol. The molecule has 1 aliphatic rings. The number of carbonyl (C=O) groups excluding carboxylic acids is 2. The van der Waals surface area contributed by atoms with Crippen LogP contribution in [0.5, 0.6) is 0 Å². The van der Waals surface area contributed by atoms with E-state index in [1.807, 2.05) is 0 Å². The number of rotatable bonds is 2. The summed E-state index contributed by atoms with van der Waals surface area (Å²) in [5.41, 5.74) is 1.35. The minimum absolute atomic E-state index is 0.239. The second-order valence-corrected chi connectivity index (χ2v) is 5.55. The average molecular weight is 319 g/mol. The largest absolute Gasteiger partial charge is 0.459 e. The SMILES string of the molecule is Cc1ccoc1C(=O)N1CCNC(=O)[C@H]1c1ccccc1Cl. The van der Waals surface area contributed by atoms with Gasteiger partial charge in [-0.25, -0.2) is 0 Å². The maximum absolute atomic E-state index is 12.7. The van der Waals surface area contributed by atoms with Gasteiger partial charge in [0, 0.05) is 29.2 Å². The first-order valence-electron chi connectivity index (χ1n) is 6.97. The van der Waals surface area contributed by atoms with Gasteiger partial charge in [0.05, 0.1) is 6.26 Å². The minimum atomic E-state index is -0.751. The molecule has 1 saturated heterocycles. The summed E-state index contributed by atoms with van der Waals surface area (Å²) in [6.07, 6.45) is 1.47. The molecule has 5 nitrogen and oxygen atoms in total. The lowest BCUT2D eigenvalue weighted by Crippen LogP contribution is -2.52. The summed E-state index contributed by atoms with van der Waals surface area (Å²) >= 11 is 6.21. The van der Waals surface area contributed by atoms with Gasteiger partial charge in [-0.3, -0.25) is 9.59 Å². The number of halogens is 1. The Morgan fingerprint density at radius 1 is 1.36 bits per heavy atom. The lowest BCUT2D eigenvalue weighted by atomic mass is 10.0. The maximum atomic E-state index is 12.7. The zero-order valence-electron chi connectivity index (χ0n) is 12.0. The number of hydrogen-bond acceptors (Lipinski definition) is 3. The summed E-state index contributed by atoms with van der Waals surface area (Å²) in [4.78, 5) is 26.6. The molecule has 1 aromatic heterocycles. The van der Waals surface area contributed by atoms with Crippen molar-refractivity contribution in [2.24, 2.45) is 0 Å². The van der Waals surface area contributed by atoms with Gasteiger partial charge in [-0.15, -0.1) is 0 Å². The van der Waals surface area contributed by atoms with E-state index in [2.05, 4.69) is 5.32 Å². The van der Waals surface area contributed by atoms with Gasteiger partial charge in [0.1, 0.15) is 6.04 Å². The van der Waals surface area contributed by atoms with Crippen molar-refractivity contribution in [3.8, 4) is 0 Å². The van der Waals surface area contributed by atoms with E-state index in [4.69, 9.17) is 16.0 Å². The summed E-state index contributed by atoms with van der Waals surface area (Å²) in [6, 6.07) is 8.02. The average Bonchev–Trinajstić information content (AvgIpc) is 2.93. The Kier molecular flexibility index (Phi) is 3.90. The van der Waals surface area contributed by atoms with E-state index in [1.54, 1.807) is 37.3 Å². The molecule has 2 amide bonds. The van der Waals surface area contributed by atoms with E-state index in [0.29, 0.717) is 23.7 Å². The molecule has 0 radical (unpaired) electrons. The molecule has 114 valence electrons. The van der Waals surface area contributed by atoms with Gasteiger partial charge < -0.3 is 14.6 Å². The highest BCUT2D eigenvalue weighted by Gasteiger charge is 2.37. The molecule has 0 bridgehead atoms. The highest BCUT2D eigenvalue weighted by Crippen LogP contribution is 2.30. The highest BCUT2D eigenvalue weighted by atomic mass is 35.5. The van der Waals surface area contributed by atoms with Gasteiger partial charge in [0.25, 0.3) is 5.91 Å². The third-order valence-corrected chi connectivity index (χ3v) is 4.07. The number of amides is 2. The second kappa shape index (κ2) is 5.85. The van der Waals surface area contributed by atoms with Crippen LogP contribution in [0.4, 0.5) is 0 Å². The molecule has 6 heteroatoms. The summed E-state index contributed by atoms with van der Waals surface area (Å²) in [5, 5.41) is 3.24. The molecule has 2 aromatic rings. The Morgan fingerprint density at radius 3 is 2.82 bits per heavy atom. The molecule has 1 atom stereocenters. The first-order chi connectivity index (χ1) is 10.6. The van der Waals surface area contributed by atoms with Crippen molar-refractivity contribution in [2.45, 2.75) is 13.0 Å². The number of furan rings is 1. The van der Waals surface area contributed by atoms with Crippen LogP contribution in [0, 0.1) is 6.92 Å². The van der Waals surface area contributed by atoms with Crippen LogP contribution < -0.4 is 5.32 Å². The summed E-state index contributed by atoms with van der Waals surface area (Å²) in [6.45, 7) is 2.61. The van der Waals surface area contributed by atoms with Crippen LogP contribution in [0.3, 0.4) is 0 Å². The van der Waals surface area contributed by atoms with Crippen molar-refractivity contribution in [1.29, 1.82) is 0 Å². The Labute approximate surface area is 132 Å². The van der Waals surface area contributed by atoms with Crippen LogP contribution in [-0.4, -0.2) is 29.8 Å². The van der Waals surface area contributed by atoms with Crippen LogP contribution in [-0.2, 0) is 4.79 Å². The molecule has 2 heterocycles. The van der Waals surface area contributed by atoms with E-state index in [1.165, 1.54) is 11.2 Å². The zero-order valence-corrected chi connectivity index (χ0v) is 12.8. The number of piperazine rings is 1. The highest BCUT2D eigenvalue weighted by molar-refractivity contribution is 6.31. The number of nitrogens with one attached hydrogen (secondary N) is 1. The quantitative estimate of drug-likeness (QED) is 0.925. The molecule has 1 aliphatic heterocycles. The third kappa shape index (κ3) is 2.48. The lowest BCUT2D eigenvalue weighted by Gasteiger charge is -2.35. The number of hydrogen-bond donors (Lipinski definition) is 1. The first kappa shape index (κ1) is 14.7. The molecule has 0 aliphatic carbocycles. The van der Waals surface area contributed by atoms with E-state index >= 15 is 0 Å². The molecule has 0 spiro atoms. The predicted octanol–water partition coefficient (Wildman–Crippen LogP) is 2.55. The Hall–Kier alpha value is -2.27. The maximum Gasteiger partial charge on any atom is 0.290 e. The topological polar surface area (TPSA) is 62.6 Å². The van der Waals surface area contributed by atoms with Gasteiger partial charge >= 0.3 is 0 Å². The molecular weight excluding hydrogens is 304 g/mol. The van der Waals surface area contributed by atoms with Crippen LogP contribution in [0.2, 0.25) is 5.02 Å². The minimum Gasteiger partial charge on any atom is -0.459 e. The molecule has 3 rings (SSSR count). The van der Waals surface area contributed by atoms with E-state index in [-0.39, 0.29) is 17.6 Å². The third-order valence-electron chi connectivity index (χ3n) is 3.73. The Balaban J connectivity index is 2.01. The van der Waals surface area contributed by atoms with Crippen molar-refractivity contribution >= 4 is 23.4 Å². The van der Waals surface area contributed by atoms with Crippen LogP contribution >= 0.6 is 11.6 Å². The molecule has 1 fully saturated rings. The van der Waals surface area contributed by atoms with Crippen LogP contribution in [0.25, 0.3) is 0 Å². The van der Waals surface area contributed by atoms with Crippen molar-refractivity contribution in [2.75, 3.05) is 13.1 Å². The van der Waals surface area contributed by atoms with Crippen LogP contribution in [0.15, 0.2) is 41.0 Å². The van der Waals surface area contributed by atoms with E-state index < -0.39 is 6.04 Å². The van der Waals surface area contributed by atoms with Gasteiger partial charge in [-0.05, 0) is 19.1 Å². The Morgan fingerprint density at radius 2 is 2.14 bits per heavy atom. The van der Waals surface area contributed by atoms with Crippen LogP contribution in [0.1, 0.15) is 27.7 Å². The molecule has 0 saturated carbocycles.